The number of aromatic nitrogens is 3. The number of nitrogens with zero attached hydrogens (tertiary/aromatic N) is 3. The van der Waals surface area contributed by atoms with Crippen LogP contribution in [-0.4, -0.2) is 33.6 Å². The third-order valence-electron chi connectivity index (χ3n) is 4.67. The van der Waals surface area contributed by atoms with E-state index in [0.717, 1.165) is 12.1 Å². The maximum Gasteiger partial charge on any atom is 0.416 e. The maximum atomic E-state index is 12.9. The summed E-state index contributed by atoms with van der Waals surface area (Å²) in [5.74, 6) is -1.26. The molecule has 2 aromatic carbocycles. The van der Waals surface area contributed by atoms with Crippen LogP contribution in [0.1, 0.15) is 26.3 Å². The number of benzene rings is 2. The third-order valence-corrected chi connectivity index (χ3v) is 4.67. The molecule has 32 heavy (non-hydrogen) atoms. The molecule has 4 aromatic rings. The Morgan fingerprint density at radius 1 is 1.06 bits per heavy atom. The molecule has 0 saturated carbocycles. The average molecular weight is 440 g/mol. The Labute approximate surface area is 179 Å². The molecule has 7 nitrogen and oxygen atoms in total. The van der Waals surface area contributed by atoms with E-state index in [4.69, 9.17) is 4.74 Å². The molecular formula is C22H15F3N4O3. The molecule has 1 amide bonds. The number of carbonyl (C=O) groups is 2. The summed E-state index contributed by atoms with van der Waals surface area (Å²) in [6.07, 6.45) is -1.70. The number of halogens is 3. The molecule has 0 aliphatic carbocycles. The van der Waals surface area contributed by atoms with Crippen LogP contribution >= 0.6 is 0 Å². The lowest BCUT2D eigenvalue weighted by atomic mass is 10.1. The van der Waals surface area contributed by atoms with Gasteiger partial charge >= 0.3 is 12.1 Å². The maximum absolute atomic E-state index is 12.9. The van der Waals surface area contributed by atoms with Crippen LogP contribution in [0.4, 0.5) is 18.9 Å². The second-order valence-corrected chi connectivity index (χ2v) is 6.73. The Kier molecular flexibility index (Phi) is 5.35. The standard InChI is InChI=1S/C22H15F3N4O3/c1-32-21(31)17-12-27-29-18(8-9-26-19(17)29)13-4-3-7-16(11-13)28-20(30)14-5-2-6-15(10-14)22(23,24)25/h2-12H,1H3,(H,28,30). The van der Waals surface area contributed by atoms with Gasteiger partial charge in [-0.3, -0.25) is 4.79 Å². The highest BCUT2D eigenvalue weighted by molar-refractivity contribution is 6.04. The van der Waals surface area contributed by atoms with Crippen molar-refractivity contribution in [3.63, 3.8) is 0 Å². The van der Waals surface area contributed by atoms with Gasteiger partial charge in [-0.2, -0.15) is 18.3 Å². The minimum absolute atomic E-state index is 0.119. The number of alkyl halides is 3. The second kappa shape index (κ2) is 8.14. The van der Waals surface area contributed by atoms with Gasteiger partial charge in [-0.05, 0) is 36.4 Å². The van der Waals surface area contributed by atoms with Crippen LogP contribution in [0.5, 0.6) is 0 Å². The van der Waals surface area contributed by atoms with Crippen LogP contribution in [0, 0.1) is 0 Å². The lowest BCUT2D eigenvalue weighted by Crippen LogP contribution is -2.14. The molecule has 0 spiro atoms. The molecular weight excluding hydrogens is 425 g/mol. The Hall–Kier alpha value is -4.21. The molecule has 0 unspecified atom stereocenters. The molecule has 10 heteroatoms. The highest BCUT2D eigenvalue weighted by atomic mass is 19.4. The molecule has 0 saturated heterocycles. The molecule has 162 valence electrons. The first kappa shape index (κ1) is 21.0. The lowest BCUT2D eigenvalue weighted by Gasteiger charge is -2.11. The van der Waals surface area contributed by atoms with Crippen molar-refractivity contribution < 1.29 is 27.5 Å². The van der Waals surface area contributed by atoms with Crippen LogP contribution in [0.3, 0.4) is 0 Å². The molecule has 1 N–H and O–H groups in total. The number of esters is 1. The van der Waals surface area contributed by atoms with Crippen LogP contribution in [0.15, 0.2) is 67.0 Å². The number of methoxy groups -OCH3 is 1. The summed E-state index contributed by atoms with van der Waals surface area (Å²) in [4.78, 5) is 28.6. The number of carbonyl (C=O) groups excluding carboxylic acids is 2. The summed E-state index contributed by atoms with van der Waals surface area (Å²) in [6.45, 7) is 0. The average Bonchev–Trinajstić information content (AvgIpc) is 3.22. The van der Waals surface area contributed by atoms with Crippen LogP contribution in [0.25, 0.3) is 16.9 Å². The van der Waals surface area contributed by atoms with Crippen molar-refractivity contribution in [3.05, 3.63) is 83.7 Å². The van der Waals surface area contributed by atoms with Crippen molar-refractivity contribution in [2.75, 3.05) is 12.4 Å². The third kappa shape index (κ3) is 4.02. The van der Waals surface area contributed by atoms with Gasteiger partial charge in [0.05, 0.1) is 24.6 Å². The van der Waals surface area contributed by atoms with Crippen molar-refractivity contribution in [3.8, 4) is 11.3 Å². The molecule has 0 aliphatic rings. The predicted molar refractivity (Wildman–Crippen MR) is 109 cm³/mol. The van der Waals surface area contributed by atoms with Crippen LogP contribution < -0.4 is 5.32 Å². The molecule has 0 aliphatic heterocycles. The van der Waals surface area contributed by atoms with Gasteiger partial charge in [-0.25, -0.2) is 14.3 Å². The SMILES string of the molecule is COC(=O)c1cnn2c(-c3cccc(NC(=O)c4cccc(C(F)(F)F)c4)c3)ccnc12. The van der Waals surface area contributed by atoms with Gasteiger partial charge in [-0.1, -0.05) is 18.2 Å². The van der Waals surface area contributed by atoms with Crippen LogP contribution in [-0.2, 0) is 10.9 Å². The first-order valence-electron chi connectivity index (χ1n) is 9.28. The Bertz CT molecular complexity index is 1330. The number of fused-ring (bicyclic) bond motifs is 1. The van der Waals surface area contributed by atoms with E-state index in [9.17, 15) is 22.8 Å². The van der Waals surface area contributed by atoms with E-state index in [0.29, 0.717) is 22.6 Å². The minimum atomic E-state index is -4.55. The number of rotatable bonds is 4. The predicted octanol–water partition coefficient (Wildman–Crippen LogP) is 4.45. The monoisotopic (exact) mass is 440 g/mol. The summed E-state index contributed by atoms with van der Waals surface area (Å²) in [7, 11) is 1.26. The number of anilines is 1. The first-order valence-corrected chi connectivity index (χ1v) is 9.28. The quantitative estimate of drug-likeness (QED) is 0.474. The molecule has 0 fully saturated rings. The van der Waals surface area contributed by atoms with Crippen LogP contribution in [0.2, 0.25) is 0 Å². The first-order chi connectivity index (χ1) is 15.3. The molecule has 2 aromatic heterocycles. The van der Waals surface area contributed by atoms with E-state index >= 15 is 0 Å². The van der Waals surface area contributed by atoms with Crippen molar-refractivity contribution in [1.29, 1.82) is 0 Å². The zero-order valence-electron chi connectivity index (χ0n) is 16.6. The highest BCUT2D eigenvalue weighted by Gasteiger charge is 2.30. The summed E-state index contributed by atoms with van der Waals surface area (Å²) >= 11 is 0. The van der Waals surface area contributed by atoms with Gasteiger partial charge in [0.1, 0.15) is 5.56 Å². The fourth-order valence-corrected chi connectivity index (χ4v) is 3.16. The van der Waals surface area contributed by atoms with E-state index in [1.165, 1.54) is 36.2 Å². The summed E-state index contributed by atoms with van der Waals surface area (Å²) in [6, 6.07) is 12.5. The number of nitrogens with one attached hydrogen (secondary N) is 1. The van der Waals surface area contributed by atoms with Crippen molar-refractivity contribution in [2.45, 2.75) is 6.18 Å². The number of hydrogen-bond donors (Lipinski definition) is 1. The minimum Gasteiger partial charge on any atom is -0.465 e. The topological polar surface area (TPSA) is 85.6 Å². The number of hydrogen-bond acceptors (Lipinski definition) is 5. The zero-order chi connectivity index (χ0) is 22.9. The normalized spacial score (nSPS) is 11.4. The highest BCUT2D eigenvalue weighted by Crippen LogP contribution is 2.30. The van der Waals surface area contributed by atoms with Gasteiger partial charge < -0.3 is 10.1 Å². The zero-order valence-corrected chi connectivity index (χ0v) is 16.6. The van der Waals surface area contributed by atoms with Gasteiger partial charge in [0.15, 0.2) is 5.65 Å². The Balaban J connectivity index is 1.65. The molecule has 4 rings (SSSR count). The smallest absolute Gasteiger partial charge is 0.416 e. The van der Waals surface area contributed by atoms with Crippen molar-refractivity contribution >= 4 is 23.2 Å². The number of amides is 1. The molecule has 0 atom stereocenters. The van der Waals surface area contributed by atoms with Gasteiger partial charge in [0, 0.05) is 23.0 Å². The largest absolute Gasteiger partial charge is 0.465 e. The Morgan fingerprint density at radius 2 is 1.84 bits per heavy atom. The summed E-state index contributed by atoms with van der Waals surface area (Å²) in [5.41, 5.74) is 1.06. The summed E-state index contributed by atoms with van der Waals surface area (Å²) in [5, 5.41) is 6.80. The summed E-state index contributed by atoms with van der Waals surface area (Å²) < 4.78 is 45.0. The van der Waals surface area contributed by atoms with E-state index < -0.39 is 23.6 Å². The van der Waals surface area contributed by atoms with E-state index in [1.807, 2.05) is 0 Å². The van der Waals surface area contributed by atoms with E-state index in [-0.39, 0.29) is 11.1 Å². The van der Waals surface area contributed by atoms with Gasteiger partial charge in [-0.15, -0.1) is 0 Å². The fourth-order valence-electron chi connectivity index (χ4n) is 3.16. The Morgan fingerprint density at radius 3 is 2.59 bits per heavy atom. The molecule has 2 heterocycles. The van der Waals surface area contributed by atoms with Gasteiger partial charge in [0.2, 0.25) is 0 Å². The van der Waals surface area contributed by atoms with Crippen molar-refractivity contribution in [2.24, 2.45) is 0 Å². The molecule has 0 bridgehead atoms. The van der Waals surface area contributed by atoms with Crippen molar-refractivity contribution in [1.82, 2.24) is 14.6 Å². The second-order valence-electron chi connectivity index (χ2n) is 6.73. The van der Waals surface area contributed by atoms with E-state index in [2.05, 4.69) is 15.4 Å². The lowest BCUT2D eigenvalue weighted by molar-refractivity contribution is -0.137. The number of ether oxygens (including phenoxy) is 1. The molecule has 0 radical (unpaired) electrons. The van der Waals surface area contributed by atoms with Gasteiger partial charge in [0.25, 0.3) is 5.91 Å². The fraction of sp³-hybridized carbons (Fsp3) is 0.0909. The van der Waals surface area contributed by atoms with E-state index in [1.54, 1.807) is 30.3 Å².